The van der Waals surface area contributed by atoms with Gasteiger partial charge in [-0.05, 0) is 17.2 Å². The molecule has 1 N–H and O–H groups in total. The third-order valence-corrected chi connectivity index (χ3v) is 4.16. The fourth-order valence-corrected chi connectivity index (χ4v) is 2.90. The van der Waals surface area contributed by atoms with Crippen LogP contribution < -0.4 is 4.90 Å². The first kappa shape index (κ1) is 14.2. The summed E-state index contributed by atoms with van der Waals surface area (Å²) in [5, 5.41) is 13.7. The molecule has 4 rings (SSSR count). The molecule has 6 nitrogen and oxygen atoms in total. The first-order valence-corrected chi connectivity index (χ1v) is 7.72. The molecule has 0 bridgehead atoms. The summed E-state index contributed by atoms with van der Waals surface area (Å²) in [6, 6.07) is 9.82. The Hall–Kier alpha value is -2.44. The van der Waals surface area contributed by atoms with Crippen LogP contribution in [0.15, 0.2) is 42.7 Å². The number of hydrogen-bond acceptors (Lipinski definition) is 5. The lowest BCUT2D eigenvalue weighted by molar-refractivity contribution is 0.122. The zero-order valence-electron chi connectivity index (χ0n) is 12.7. The van der Waals surface area contributed by atoms with Crippen LogP contribution in [-0.4, -0.2) is 46.0 Å². The summed E-state index contributed by atoms with van der Waals surface area (Å²) in [6.45, 7) is 3.24. The lowest BCUT2D eigenvalue weighted by Crippen LogP contribution is -2.37. The fourth-order valence-electron chi connectivity index (χ4n) is 2.90. The first-order valence-electron chi connectivity index (χ1n) is 7.72. The molecule has 23 heavy (non-hydrogen) atoms. The van der Waals surface area contributed by atoms with Crippen molar-refractivity contribution in [1.29, 1.82) is 0 Å². The van der Waals surface area contributed by atoms with Gasteiger partial charge < -0.3 is 14.7 Å². The maximum absolute atomic E-state index is 9.17. The van der Waals surface area contributed by atoms with E-state index in [1.807, 2.05) is 47.2 Å². The minimum atomic E-state index is 0.0501. The summed E-state index contributed by atoms with van der Waals surface area (Å²) >= 11 is 0. The van der Waals surface area contributed by atoms with Gasteiger partial charge in [0, 0.05) is 24.8 Å². The van der Waals surface area contributed by atoms with Gasteiger partial charge in [-0.3, -0.25) is 0 Å². The zero-order valence-corrected chi connectivity index (χ0v) is 12.7. The van der Waals surface area contributed by atoms with Gasteiger partial charge in [0.25, 0.3) is 0 Å². The summed E-state index contributed by atoms with van der Waals surface area (Å²) in [5.41, 5.74) is 3.77. The highest BCUT2D eigenvalue weighted by Crippen LogP contribution is 2.26. The Morgan fingerprint density at radius 3 is 2.61 bits per heavy atom. The average molecular weight is 310 g/mol. The third-order valence-electron chi connectivity index (χ3n) is 4.16. The van der Waals surface area contributed by atoms with Crippen molar-refractivity contribution in [3.05, 3.63) is 48.3 Å². The highest BCUT2D eigenvalue weighted by Gasteiger charge is 2.17. The molecular formula is C17H18N4O2. The van der Waals surface area contributed by atoms with Gasteiger partial charge in [-0.25, -0.2) is 4.98 Å². The molecule has 1 fully saturated rings. The van der Waals surface area contributed by atoms with Crippen molar-refractivity contribution in [1.82, 2.24) is 14.6 Å². The van der Waals surface area contributed by atoms with Crippen LogP contribution in [0.5, 0.6) is 0 Å². The van der Waals surface area contributed by atoms with Gasteiger partial charge >= 0.3 is 0 Å². The van der Waals surface area contributed by atoms with Crippen molar-refractivity contribution in [2.45, 2.75) is 6.61 Å². The molecule has 0 saturated carbocycles. The predicted molar refractivity (Wildman–Crippen MR) is 87.4 cm³/mol. The second-order valence-electron chi connectivity index (χ2n) is 5.55. The second kappa shape index (κ2) is 5.98. The summed E-state index contributed by atoms with van der Waals surface area (Å²) in [5.74, 6) is 1.04. The van der Waals surface area contributed by atoms with Crippen LogP contribution in [0.4, 0.5) is 5.82 Å². The molecule has 3 aromatic rings. The number of nitrogens with zero attached hydrogens (tertiary/aromatic N) is 4. The molecule has 1 aromatic carbocycles. The topological polar surface area (TPSA) is 62.9 Å². The van der Waals surface area contributed by atoms with Crippen molar-refractivity contribution in [2.24, 2.45) is 0 Å². The summed E-state index contributed by atoms with van der Waals surface area (Å²) in [7, 11) is 0. The molecule has 1 aliphatic rings. The zero-order chi connectivity index (χ0) is 15.6. The number of fused-ring (bicyclic) bond motifs is 1. The van der Waals surface area contributed by atoms with Gasteiger partial charge in [0.1, 0.15) is 5.82 Å². The number of aliphatic hydroxyl groups is 1. The molecule has 0 atom stereocenters. The molecule has 0 unspecified atom stereocenters. The quantitative estimate of drug-likeness (QED) is 0.798. The van der Waals surface area contributed by atoms with E-state index in [0.717, 1.165) is 54.5 Å². The highest BCUT2D eigenvalue weighted by atomic mass is 16.5. The van der Waals surface area contributed by atoms with E-state index in [-0.39, 0.29) is 6.61 Å². The number of aromatic nitrogens is 3. The molecule has 0 aliphatic carbocycles. The predicted octanol–water partition coefficient (Wildman–Crippen LogP) is 1.73. The molecule has 3 heterocycles. The molecule has 0 radical (unpaired) electrons. The van der Waals surface area contributed by atoms with E-state index in [4.69, 9.17) is 9.84 Å². The van der Waals surface area contributed by atoms with E-state index in [9.17, 15) is 0 Å². The molecule has 2 aromatic heterocycles. The monoisotopic (exact) mass is 310 g/mol. The van der Waals surface area contributed by atoms with Crippen LogP contribution in [-0.2, 0) is 11.3 Å². The van der Waals surface area contributed by atoms with Gasteiger partial charge in [0.05, 0.1) is 26.0 Å². The van der Waals surface area contributed by atoms with Crippen molar-refractivity contribution in [2.75, 3.05) is 31.2 Å². The summed E-state index contributed by atoms with van der Waals surface area (Å²) in [6.07, 6.45) is 3.67. The van der Waals surface area contributed by atoms with E-state index >= 15 is 0 Å². The lowest BCUT2D eigenvalue weighted by Gasteiger charge is -2.28. The van der Waals surface area contributed by atoms with Crippen molar-refractivity contribution in [3.8, 4) is 11.1 Å². The lowest BCUT2D eigenvalue weighted by atomic mass is 10.1. The number of anilines is 1. The minimum Gasteiger partial charge on any atom is -0.392 e. The van der Waals surface area contributed by atoms with E-state index in [1.54, 1.807) is 0 Å². The molecular weight excluding hydrogens is 292 g/mol. The Labute approximate surface area is 134 Å². The Bertz CT molecular complexity index is 807. The van der Waals surface area contributed by atoms with E-state index in [2.05, 4.69) is 15.0 Å². The van der Waals surface area contributed by atoms with E-state index in [0.29, 0.717) is 0 Å². The van der Waals surface area contributed by atoms with Gasteiger partial charge in [-0.1, -0.05) is 24.3 Å². The van der Waals surface area contributed by atoms with Crippen LogP contribution >= 0.6 is 0 Å². The van der Waals surface area contributed by atoms with E-state index < -0.39 is 0 Å². The van der Waals surface area contributed by atoms with Gasteiger partial charge in [-0.2, -0.15) is 9.61 Å². The average Bonchev–Trinajstić information content (AvgIpc) is 3.06. The van der Waals surface area contributed by atoms with Gasteiger partial charge in [0.2, 0.25) is 0 Å². The van der Waals surface area contributed by atoms with Crippen molar-refractivity contribution < 1.29 is 9.84 Å². The van der Waals surface area contributed by atoms with Crippen LogP contribution in [0.2, 0.25) is 0 Å². The Kier molecular flexibility index (Phi) is 3.69. The maximum Gasteiger partial charge on any atom is 0.165 e. The molecule has 6 heteroatoms. The largest absolute Gasteiger partial charge is 0.392 e. The van der Waals surface area contributed by atoms with Gasteiger partial charge in [-0.15, -0.1) is 0 Å². The number of benzene rings is 1. The Balaban J connectivity index is 1.77. The molecule has 0 spiro atoms. The number of morpholine rings is 1. The standard InChI is InChI=1S/C17H18N4O2/c22-12-13-1-3-14(4-2-13)15-11-19-21-16(5-6-18-17(15)21)20-7-9-23-10-8-20/h1-6,11,22H,7-10,12H2. The number of rotatable bonds is 3. The number of hydrogen-bond donors (Lipinski definition) is 1. The van der Waals surface area contributed by atoms with Gasteiger partial charge in [0.15, 0.2) is 5.65 Å². The fraction of sp³-hybridized carbons (Fsp3) is 0.294. The molecule has 118 valence electrons. The second-order valence-corrected chi connectivity index (χ2v) is 5.55. The van der Waals surface area contributed by atoms with Crippen LogP contribution in [0.3, 0.4) is 0 Å². The van der Waals surface area contributed by atoms with Crippen molar-refractivity contribution >= 4 is 11.5 Å². The summed E-state index contributed by atoms with van der Waals surface area (Å²) < 4.78 is 7.31. The molecule has 0 amide bonds. The van der Waals surface area contributed by atoms with Crippen LogP contribution in [0.25, 0.3) is 16.8 Å². The Morgan fingerprint density at radius 1 is 1.09 bits per heavy atom. The van der Waals surface area contributed by atoms with Crippen LogP contribution in [0.1, 0.15) is 5.56 Å². The Morgan fingerprint density at radius 2 is 1.87 bits per heavy atom. The normalized spacial score (nSPS) is 15.3. The number of aliphatic hydroxyl groups excluding tert-OH is 1. The molecule has 1 saturated heterocycles. The van der Waals surface area contributed by atoms with Crippen LogP contribution in [0, 0.1) is 0 Å². The minimum absolute atomic E-state index is 0.0501. The maximum atomic E-state index is 9.17. The highest BCUT2D eigenvalue weighted by molar-refractivity contribution is 5.78. The third kappa shape index (κ3) is 2.56. The smallest absolute Gasteiger partial charge is 0.165 e. The van der Waals surface area contributed by atoms with E-state index in [1.165, 1.54) is 0 Å². The number of ether oxygens (including phenoxy) is 1. The SMILES string of the molecule is OCc1ccc(-c2cnn3c(N4CCOCC4)ccnc23)cc1. The van der Waals surface area contributed by atoms with Crippen molar-refractivity contribution in [3.63, 3.8) is 0 Å². The summed E-state index contributed by atoms with van der Waals surface area (Å²) in [4.78, 5) is 6.78. The first-order chi connectivity index (χ1) is 11.4. The molecule has 1 aliphatic heterocycles.